The molecule has 0 aromatic heterocycles. The van der Waals surface area contributed by atoms with E-state index >= 15 is 0 Å². The second-order valence-corrected chi connectivity index (χ2v) is 14.0. The monoisotopic (exact) mass is 685 g/mol. The Bertz CT molecular complexity index is 1510. The molecule has 45 heavy (non-hydrogen) atoms. The normalized spacial score (nSPS) is 18.5. The first kappa shape index (κ1) is 35.1. The van der Waals surface area contributed by atoms with Gasteiger partial charge >= 0.3 is 0 Å². The Balaban J connectivity index is 1.52. The fraction of sp³-hybridized carbons (Fsp3) is 0.500. The Morgan fingerprint density at radius 3 is 2.42 bits per heavy atom. The lowest BCUT2D eigenvalue weighted by atomic mass is 9.92. The molecule has 1 fully saturated rings. The van der Waals surface area contributed by atoms with Crippen molar-refractivity contribution in [3.63, 3.8) is 0 Å². The SMILES string of the molecule is CS(=O)(=O)NCC[C@H](NC(=O)[C@@H]1Cc2ccccc2CN1C(O)CCC(=O)N1CCCCC1)C(=O)Nc1ccc(Cl)c(Cl)c1F. The number of fused-ring (bicyclic) bond motifs is 1. The van der Waals surface area contributed by atoms with Crippen LogP contribution in [0.1, 0.15) is 49.7 Å². The van der Waals surface area contributed by atoms with Gasteiger partial charge in [0.15, 0.2) is 5.82 Å². The zero-order chi connectivity index (χ0) is 32.7. The molecule has 0 bridgehead atoms. The number of halogens is 3. The number of rotatable bonds is 12. The van der Waals surface area contributed by atoms with Crippen molar-refractivity contribution < 1.29 is 32.3 Å². The van der Waals surface area contributed by atoms with Gasteiger partial charge in [0.1, 0.15) is 12.3 Å². The lowest BCUT2D eigenvalue weighted by Crippen LogP contribution is -2.57. The van der Waals surface area contributed by atoms with E-state index in [1.807, 2.05) is 24.3 Å². The average molecular weight is 687 g/mol. The maximum Gasteiger partial charge on any atom is 0.247 e. The Kier molecular flexibility index (Phi) is 12.2. The second-order valence-electron chi connectivity index (χ2n) is 11.4. The second kappa shape index (κ2) is 15.7. The standard InChI is InChI=1S/C30H38Cl2FN5O6S/c1-45(43,44)34-14-13-23(29(41)35-22-10-9-21(31)27(32)28(22)33)36-30(42)24-17-19-7-3-4-8-20(19)18-38(24)26(40)12-11-25(39)37-15-5-2-6-16-37/h3-4,7-10,23-24,26,34,40H,2,5-6,11-18H2,1H3,(H,35,41)(H,36,42)/t23-,24-,26?/m0/s1. The largest absolute Gasteiger partial charge is 0.378 e. The average Bonchev–Trinajstić information content (AvgIpc) is 3.02. The molecule has 2 heterocycles. The van der Waals surface area contributed by atoms with Crippen molar-refractivity contribution in [3.8, 4) is 0 Å². The molecule has 246 valence electrons. The Labute approximate surface area is 272 Å². The van der Waals surface area contributed by atoms with E-state index in [2.05, 4.69) is 15.4 Å². The number of benzene rings is 2. The number of aliphatic hydroxyl groups excluding tert-OH is 1. The van der Waals surface area contributed by atoms with Gasteiger partial charge in [-0.3, -0.25) is 19.3 Å². The van der Waals surface area contributed by atoms with Gasteiger partial charge in [-0.1, -0.05) is 47.5 Å². The van der Waals surface area contributed by atoms with Crippen molar-refractivity contribution in [1.82, 2.24) is 19.8 Å². The van der Waals surface area contributed by atoms with Gasteiger partial charge in [0.05, 0.1) is 28.0 Å². The summed E-state index contributed by atoms with van der Waals surface area (Å²) >= 11 is 11.7. The fourth-order valence-corrected chi connectivity index (χ4v) is 6.39. The van der Waals surface area contributed by atoms with Crippen molar-refractivity contribution in [3.05, 3.63) is 63.4 Å². The van der Waals surface area contributed by atoms with Crippen LogP contribution >= 0.6 is 23.2 Å². The van der Waals surface area contributed by atoms with E-state index in [0.29, 0.717) is 13.1 Å². The molecule has 3 amide bonds. The first-order chi connectivity index (χ1) is 21.3. The molecule has 1 unspecified atom stereocenters. The van der Waals surface area contributed by atoms with Crippen molar-refractivity contribution >= 4 is 56.6 Å². The molecule has 11 nitrogen and oxygen atoms in total. The number of amides is 3. The molecule has 4 rings (SSSR count). The summed E-state index contributed by atoms with van der Waals surface area (Å²) in [4.78, 5) is 43.3. The van der Waals surface area contributed by atoms with Crippen LogP contribution in [0.5, 0.6) is 0 Å². The van der Waals surface area contributed by atoms with E-state index < -0.39 is 51.0 Å². The van der Waals surface area contributed by atoms with E-state index in [-0.39, 0.29) is 55.4 Å². The third-order valence-electron chi connectivity index (χ3n) is 8.02. The van der Waals surface area contributed by atoms with E-state index in [9.17, 15) is 32.3 Å². The Morgan fingerprint density at radius 1 is 1.04 bits per heavy atom. The quantitative estimate of drug-likeness (QED) is 0.251. The summed E-state index contributed by atoms with van der Waals surface area (Å²) < 4.78 is 40.3. The molecule has 2 aromatic carbocycles. The number of hydrogen-bond acceptors (Lipinski definition) is 7. The minimum atomic E-state index is -3.60. The number of anilines is 1. The summed E-state index contributed by atoms with van der Waals surface area (Å²) in [6.07, 6.45) is 3.10. The van der Waals surface area contributed by atoms with Crippen molar-refractivity contribution in [2.75, 3.05) is 31.2 Å². The van der Waals surface area contributed by atoms with Gasteiger partial charge in [-0.05, 0) is 61.8 Å². The molecule has 2 aliphatic heterocycles. The topological polar surface area (TPSA) is 148 Å². The predicted molar refractivity (Wildman–Crippen MR) is 170 cm³/mol. The summed E-state index contributed by atoms with van der Waals surface area (Å²) in [7, 11) is -3.60. The van der Waals surface area contributed by atoms with Crippen LogP contribution in [0.4, 0.5) is 10.1 Å². The minimum Gasteiger partial charge on any atom is -0.378 e. The van der Waals surface area contributed by atoms with E-state index in [0.717, 1.165) is 36.6 Å². The molecule has 15 heteroatoms. The van der Waals surface area contributed by atoms with Crippen LogP contribution in [-0.2, 0) is 37.4 Å². The van der Waals surface area contributed by atoms with Gasteiger partial charge in [0.2, 0.25) is 27.7 Å². The lowest BCUT2D eigenvalue weighted by molar-refractivity contribution is -0.138. The van der Waals surface area contributed by atoms with Crippen LogP contribution in [0.3, 0.4) is 0 Å². The molecule has 0 saturated carbocycles. The highest BCUT2D eigenvalue weighted by Crippen LogP contribution is 2.30. The number of sulfonamides is 1. The van der Waals surface area contributed by atoms with Crippen LogP contribution in [0.2, 0.25) is 10.0 Å². The lowest BCUT2D eigenvalue weighted by Gasteiger charge is -2.39. The van der Waals surface area contributed by atoms with E-state index in [4.69, 9.17) is 23.2 Å². The molecule has 0 radical (unpaired) electrons. The van der Waals surface area contributed by atoms with Crippen LogP contribution < -0.4 is 15.4 Å². The van der Waals surface area contributed by atoms with E-state index in [1.165, 1.54) is 12.1 Å². The number of carbonyl (C=O) groups is 3. The van der Waals surface area contributed by atoms with Gasteiger partial charge in [0.25, 0.3) is 0 Å². The number of hydrogen-bond donors (Lipinski definition) is 4. The van der Waals surface area contributed by atoms with Crippen LogP contribution in [-0.4, -0.2) is 85.2 Å². The van der Waals surface area contributed by atoms with Gasteiger partial charge < -0.3 is 20.6 Å². The summed E-state index contributed by atoms with van der Waals surface area (Å²) in [5, 5.41) is 15.9. The third kappa shape index (κ3) is 9.60. The number of aliphatic hydroxyl groups is 1. The van der Waals surface area contributed by atoms with Crippen LogP contribution in [0, 0.1) is 5.82 Å². The smallest absolute Gasteiger partial charge is 0.247 e. The number of piperidine rings is 1. The molecule has 3 atom stereocenters. The number of nitrogens with zero attached hydrogens (tertiary/aromatic N) is 2. The summed E-state index contributed by atoms with van der Waals surface area (Å²) in [5.41, 5.74) is 1.54. The first-order valence-corrected chi connectivity index (χ1v) is 17.5. The minimum absolute atomic E-state index is 0.0446. The summed E-state index contributed by atoms with van der Waals surface area (Å²) in [6, 6.07) is 7.80. The Hall–Kier alpha value is -2.81. The molecule has 0 aliphatic carbocycles. The van der Waals surface area contributed by atoms with Gasteiger partial charge in [-0.15, -0.1) is 0 Å². The van der Waals surface area contributed by atoms with Crippen molar-refractivity contribution in [1.29, 1.82) is 0 Å². The van der Waals surface area contributed by atoms with Crippen molar-refractivity contribution in [2.45, 2.75) is 69.8 Å². The van der Waals surface area contributed by atoms with Gasteiger partial charge in [-0.25, -0.2) is 17.5 Å². The molecule has 0 spiro atoms. The molecule has 2 aromatic rings. The van der Waals surface area contributed by atoms with Gasteiger partial charge in [0, 0.05) is 32.6 Å². The zero-order valence-electron chi connectivity index (χ0n) is 24.9. The maximum atomic E-state index is 14.7. The van der Waals surface area contributed by atoms with Gasteiger partial charge in [-0.2, -0.15) is 0 Å². The Morgan fingerprint density at radius 2 is 1.73 bits per heavy atom. The highest BCUT2D eigenvalue weighted by Gasteiger charge is 2.37. The van der Waals surface area contributed by atoms with E-state index in [1.54, 1.807) is 9.80 Å². The molecule has 1 saturated heterocycles. The maximum absolute atomic E-state index is 14.7. The zero-order valence-corrected chi connectivity index (χ0v) is 27.2. The van der Waals surface area contributed by atoms with Crippen LogP contribution in [0.25, 0.3) is 0 Å². The first-order valence-electron chi connectivity index (χ1n) is 14.8. The number of nitrogens with one attached hydrogen (secondary N) is 3. The van der Waals surface area contributed by atoms with Crippen molar-refractivity contribution in [2.24, 2.45) is 0 Å². The summed E-state index contributed by atoms with van der Waals surface area (Å²) in [5.74, 6) is -2.42. The summed E-state index contributed by atoms with van der Waals surface area (Å²) in [6.45, 7) is 1.43. The number of carbonyl (C=O) groups excluding carboxylic acids is 3. The molecule has 2 aliphatic rings. The fourth-order valence-electron chi connectivity index (χ4n) is 5.59. The molecular formula is C30H38Cl2FN5O6S. The highest BCUT2D eigenvalue weighted by molar-refractivity contribution is 7.88. The predicted octanol–water partition coefficient (Wildman–Crippen LogP) is 3.03. The van der Waals surface area contributed by atoms with Crippen LogP contribution in [0.15, 0.2) is 36.4 Å². The third-order valence-corrected chi connectivity index (χ3v) is 9.53. The highest BCUT2D eigenvalue weighted by atomic mass is 35.5. The number of likely N-dealkylation sites (tertiary alicyclic amines) is 1. The molecule has 4 N–H and O–H groups in total. The molecular weight excluding hydrogens is 648 g/mol.